The van der Waals surface area contributed by atoms with Gasteiger partial charge in [0.1, 0.15) is 10.7 Å². The SMILES string of the molecule is CCCCCNc1nc(NC(C)=O)nc2ccc(Cl)nc12. The maximum absolute atomic E-state index is 11.2. The quantitative estimate of drug-likeness (QED) is 0.632. The van der Waals surface area contributed by atoms with Crippen molar-refractivity contribution in [2.24, 2.45) is 0 Å². The molecule has 0 aliphatic rings. The summed E-state index contributed by atoms with van der Waals surface area (Å²) < 4.78 is 0. The van der Waals surface area contributed by atoms with Gasteiger partial charge in [-0.25, -0.2) is 9.97 Å². The molecule has 0 saturated carbocycles. The van der Waals surface area contributed by atoms with Crippen molar-refractivity contribution in [3.05, 3.63) is 17.3 Å². The summed E-state index contributed by atoms with van der Waals surface area (Å²) in [5, 5.41) is 6.22. The minimum atomic E-state index is -0.215. The van der Waals surface area contributed by atoms with Gasteiger partial charge in [0.2, 0.25) is 11.9 Å². The molecule has 0 radical (unpaired) electrons. The Hall–Kier alpha value is -1.95. The molecule has 0 aliphatic heterocycles. The van der Waals surface area contributed by atoms with Crippen molar-refractivity contribution in [2.45, 2.75) is 33.1 Å². The first-order valence-corrected chi connectivity index (χ1v) is 7.33. The summed E-state index contributed by atoms with van der Waals surface area (Å²) in [5.41, 5.74) is 1.24. The van der Waals surface area contributed by atoms with Crippen LogP contribution in [0.15, 0.2) is 12.1 Å². The lowest BCUT2D eigenvalue weighted by molar-refractivity contribution is -0.114. The van der Waals surface area contributed by atoms with Gasteiger partial charge in [-0.3, -0.25) is 10.1 Å². The van der Waals surface area contributed by atoms with Crippen LogP contribution in [-0.4, -0.2) is 27.4 Å². The summed E-state index contributed by atoms with van der Waals surface area (Å²) in [6, 6.07) is 3.42. The number of carbonyl (C=O) groups is 1. The van der Waals surface area contributed by atoms with Crippen LogP contribution < -0.4 is 10.6 Å². The molecule has 2 aromatic rings. The number of halogens is 1. The molecule has 0 bridgehead atoms. The van der Waals surface area contributed by atoms with Crippen LogP contribution >= 0.6 is 11.6 Å². The highest BCUT2D eigenvalue weighted by molar-refractivity contribution is 6.29. The van der Waals surface area contributed by atoms with Gasteiger partial charge >= 0.3 is 0 Å². The van der Waals surface area contributed by atoms with Gasteiger partial charge in [0.15, 0.2) is 5.82 Å². The second-order valence-corrected chi connectivity index (χ2v) is 5.10. The highest BCUT2D eigenvalue weighted by Crippen LogP contribution is 2.22. The topological polar surface area (TPSA) is 79.8 Å². The van der Waals surface area contributed by atoms with E-state index in [-0.39, 0.29) is 11.9 Å². The number of hydrogen-bond acceptors (Lipinski definition) is 5. The Balaban J connectivity index is 2.33. The maximum atomic E-state index is 11.2. The molecule has 7 heteroatoms. The molecule has 0 saturated heterocycles. The fourth-order valence-corrected chi connectivity index (χ4v) is 2.06. The zero-order chi connectivity index (χ0) is 15.2. The first-order chi connectivity index (χ1) is 10.1. The lowest BCUT2D eigenvalue weighted by Crippen LogP contribution is -2.12. The number of aromatic nitrogens is 3. The average Bonchev–Trinajstić information content (AvgIpc) is 2.43. The number of pyridine rings is 1. The first-order valence-electron chi connectivity index (χ1n) is 6.96. The number of carbonyl (C=O) groups excluding carboxylic acids is 1. The predicted octanol–water partition coefficient (Wildman–Crippen LogP) is 3.24. The minimum absolute atomic E-state index is 0.215. The van der Waals surface area contributed by atoms with Crippen molar-refractivity contribution in [2.75, 3.05) is 17.2 Å². The van der Waals surface area contributed by atoms with Gasteiger partial charge in [0.25, 0.3) is 0 Å². The molecular weight excluding hydrogens is 290 g/mol. The molecule has 2 aromatic heterocycles. The summed E-state index contributed by atoms with van der Waals surface area (Å²) in [6.45, 7) is 4.35. The van der Waals surface area contributed by atoms with Crippen molar-refractivity contribution in [3.8, 4) is 0 Å². The fraction of sp³-hybridized carbons (Fsp3) is 0.429. The summed E-state index contributed by atoms with van der Waals surface area (Å²) in [5.74, 6) is 0.632. The van der Waals surface area contributed by atoms with E-state index in [1.807, 2.05) is 0 Å². The van der Waals surface area contributed by atoms with Crippen molar-refractivity contribution in [3.63, 3.8) is 0 Å². The van der Waals surface area contributed by atoms with Crippen LogP contribution in [0, 0.1) is 0 Å². The molecular formula is C14H18ClN5O. The van der Waals surface area contributed by atoms with Crippen molar-refractivity contribution in [1.29, 1.82) is 0 Å². The molecule has 2 N–H and O–H groups in total. The lowest BCUT2D eigenvalue weighted by atomic mass is 10.2. The number of unbranched alkanes of at least 4 members (excludes halogenated alkanes) is 2. The van der Waals surface area contributed by atoms with Crippen LogP contribution in [0.5, 0.6) is 0 Å². The normalized spacial score (nSPS) is 10.6. The van der Waals surface area contributed by atoms with E-state index in [2.05, 4.69) is 32.5 Å². The second kappa shape index (κ2) is 7.17. The molecule has 0 unspecified atom stereocenters. The van der Waals surface area contributed by atoms with Crippen molar-refractivity contribution in [1.82, 2.24) is 15.0 Å². The van der Waals surface area contributed by atoms with E-state index in [4.69, 9.17) is 11.6 Å². The van der Waals surface area contributed by atoms with Gasteiger partial charge in [-0.15, -0.1) is 0 Å². The summed E-state index contributed by atoms with van der Waals surface area (Å²) in [7, 11) is 0. The van der Waals surface area contributed by atoms with E-state index in [1.54, 1.807) is 12.1 Å². The molecule has 0 fully saturated rings. The summed E-state index contributed by atoms with van der Waals surface area (Å²) in [4.78, 5) is 24.0. The van der Waals surface area contributed by atoms with Crippen LogP contribution in [0.1, 0.15) is 33.1 Å². The largest absolute Gasteiger partial charge is 0.368 e. The van der Waals surface area contributed by atoms with Crippen LogP contribution in [0.2, 0.25) is 5.15 Å². The Bertz CT molecular complexity index is 647. The number of anilines is 2. The van der Waals surface area contributed by atoms with E-state index in [9.17, 15) is 4.79 Å². The van der Waals surface area contributed by atoms with E-state index >= 15 is 0 Å². The average molecular weight is 308 g/mol. The molecule has 2 heterocycles. The van der Waals surface area contributed by atoms with Crippen LogP contribution in [-0.2, 0) is 4.79 Å². The Morgan fingerprint density at radius 3 is 2.76 bits per heavy atom. The second-order valence-electron chi connectivity index (χ2n) is 4.71. The molecule has 0 atom stereocenters. The Labute approximate surface area is 128 Å². The highest BCUT2D eigenvalue weighted by Gasteiger charge is 2.10. The molecule has 0 aliphatic carbocycles. The van der Waals surface area contributed by atoms with Crippen molar-refractivity contribution < 1.29 is 4.79 Å². The lowest BCUT2D eigenvalue weighted by Gasteiger charge is -2.10. The Morgan fingerprint density at radius 1 is 1.24 bits per heavy atom. The zero-order valence-corrected chi connectivity index (χ0v) is 12.9. The smallest absolute Gasteiger partial charge is 0.232 e. The molecule has 0 spiro atoms. The van der Waals surface area contributed by atoms with Gasteiger partial charge in [0.05, 0.1) is 5.52 Å². The number of nitrogens with zero attached hydrogens (tertiary/aromatic N) is 3. The van der Waals surface area contributed by atoms with Gasteiger partial charge < -0.3 is 5.32 Å². The van der Waals surface area contributed by atoms with Gasteiger partial charge in [-0.2, -0.15) is 4.98 Å². The molecule has 6 nitrogen and oxygen atoms in total. The summed E-state index contributed by atoms with van der Waals surface area (Å²) >= 11 is 5.93. The number of fused-ring (bicyclic) bond motifs is 1. The van der Waals surface area contributed by atoms with Gasteiger partial charge in [-0.05, 0) is 18.6 Å². The molecule has 21 heavy (non-hydrogen) atoms. The Kier molecular flexibility index (Phi) is 5.27. The van der Waals surface area contributed by atoms with Crippen LogP contribution in [0.3, 0.4) is 0 Å². The monoisotopic (exact) mass is 307 g/mol. The third-order valence-corrected chi connectivity index (χ3v) is 3.08. The molecule has 2 rings (SSSR count). The predicted molar refractivity (Wildman–Crippen MR) is 84.7 cm³/mol. The standard InChI is InChI=1S/C14H18ClN5O/c1-3-4-5-8-16-13-12-10(6-7-11(15)19-12)18-14(20-13)17-9(2)21/h6-7H,3-5,8H2,1-2H3,(H2,16,17,18,20,21). The third kappa shape index (κ3) is 4.26. The first kappa shape index (κ1) is 15.4. The van der Waals surface area contributed by atoms with Crippen molar-refractivity contribution >= 4 is 40.3 Å². The number of nitrogens with one attached hydrogen (secondary N) is 2. The number of amides is 1. The zero-order valence-electron chi connectivity index (χ0n) is 12.1. The van der Waals surface area contributed by atoms with Crippen LogP contribution in [0.25, 0.3) is 11.0 Å². The molecule has 112 valence electrons. The van der Waals surface area contributed by atoms with E-state index in [1.165, 1.54) is 6.92 Å². The number of hydrogen-bond donors (Lipinski definition) is 2. The van der Waals surface area contributed by atoms with Gasteiger partial charge in [-0.1, -0.05) is 31.4 Å². The van der Waals surface area contributed by atoms with E-state index < -0.39 is 0 Å². The third-order valence-electron chi connectivity index (χ3n) is 2.87. The highest BCUT2D eigenvalue weighted by atomic mass is 35.5. The van der Waals surface area contributed by atoms with E-state index in [0.717, 1.165) is 25.8 Å². The molecule has 0 aromatic carbocycles. The van der Waals surface area contributed by atoms with Crippen LogP contribution in [0.4, 0.5) is 11.8 Å². The Morgan fingerprint density at radius 2 is 2.05 bits per heavy atom. The van der Waals surface area contributed by atoms with Gasteiger partial charge in [0, 0.05) is 13.5 Å². The maximum Gasteiger partial charge on any atom is 0.232 e. The van der Waals surface area contributed by atoms with E-state index in [0.29, 0.717) is 22.0 Å². The number of rotatable bonds is 6. The summed E-state index contributed by atoms with van der Waals surface area (Å²) in [6.07, 6.45) is 3.33. The fourth-order valence-electron chi connectivity index (χ4n) is 1.91. The molecule has 1 amide bonds. The minimum Gasteiger partial charge on any atom is -0.368 e.